The molecular formula is C36H36N2O9. The minimum atomic E-state index is -1.38. The average Bonchev–Trinajstić information content (AvgIpc) is 3.43. The summed E-state index contributed by atoms with van der Waals surface area (Å²) in [4.78, 5) is 67.9. The Kier molecular flexibility index (Phi) is 11.1. The lowest BCUT2D eigenvalue weighted by molar-refractivity contribution is -0.0641. The van der Waals surface area contributed by atoms with Crippen molar-refractivity contribution in [2.45, 2.75) is 63.6 Å². The topological polar surface area (TPSA) is 143 Å². The minimum Gasteiger partial charge on any atom is -0.459 e. The number of hydrogen-bond acceptors (Lipinski definition) is 9. The number of hydrogen-bond donors (Lipinski definition) is 1. The predicted molar refractivity (Wildman–Crippen MR) is 171 cm³/mol. The van der Waals surface area contributed by atoms with Gasteiger partial charge in [0.2, 0.25) is 0 Å². The summed E-state index contributed by atoms with van der Waals surface area (Å²) in [6.07, 6.45) is 0.204. The first kappa shape index (κ1) is 33.1. The molecule has 2 heterocycles. The van der Waals surface area contributed by atoms with Gasteiger partial charge in [-0.3, -0.25) is 14.3 Å². The van der Waals surface area contributed by atoms with E-state index in [4.69, 9.17) is 18.9 Å². The summed E-state index contributed by atoms with van der Waals surface area (Å²) in [5, 5.41) is 0. The van der Waals surface area contributed by atoms with Gasteiger partial charge in [-0.25, -0.2) is 19.2 Å². The van der Waals surface area contributed by atoms with Crippen LogP contribution in [0.5, 0.6) is 0 Å². The van der Waals surface area contributed by atoms with Crippen LogP contribution in [-0.2, 0) is 25.4 Å². The van der Waals surface area contributed by atoms with Crippen molar-refractivity contribution < 1.29 is 33.3 Å². The normalized spacial score (nSPS) is 18.7. The molecule has 11 nitrogen and oxygen atoms in total. The van der Waals surface area contributed by atoms with Crippen molar-refractivity contribution in [1.82, 2.24) is 9.55 Å². The molecule has 4 aromatic rings. The SMILES string of the molecule is CCCCCCc1cn([C@H]2O[C@H](COC(=O)c3ccccc3)[C@@H](OC(=O)c3ccccc3)[C@@H]2OC(=O)c2ccccc2)c(=O)[nH]c1=O. The van der Waals surface area contributed by atoms with Gasteiger partial charge in [-0.2, -0.15) is 0 Å². The Hall–Kier alpha value is -5.29. The molecule has 0 spiro atoms. The molecule has 47 heavy (non-hydrogen) atoms. The van der Waals surface area contributed by atoms with Crippen LogP contribution >= 0.6 is 0 Å². The number of ether oxygens (including phenoxy) is 4. The molecular weight excluding hydrogens is 604 g/mol. The first-order valence-electron chi connectivity index (χ1n) is 15.6. The first-order chi connectivity index (χ1) is 22.9. The van der Waals surface area contributed by atoms with Crippen LogP contribution in [0.15, 0.2) is 107 Å². The first-order valence-corrected chi connectivity index (χ1v) is 15.6. The van der Waals surface area contributed by atoms with Crippen molar-refractivity contribution in [2.75, 3.05) is 6.61 Å². The summed E-state index contributed by atoms with van der Waals surface area (Å²) in [6, 6.07) is 24.6. The molecule has 244 valence electrons. The second-order valence-electron chi connectivity index (χ2n) is 11.1. The lowest BCUT2D eigenvalue weighted by Gasteiger charge is -2.25. The number of aryl methyl sites for hydroxylation is 1. The van der Waals surface area contributed by atoms with Crippen molar-refractivity contribution in [3.8, 4) is 0 Å². The summed E-state index contributed by atoms with van der Waals surface area (Å²) >= 11 is 0. The molecule has 0 amide bonds. The van der Waals surface area contributed by atoms with Gasteiger partial charge >= 0.3 is 23.6 Å². The van der Waals surface area contributed by atoms with E-state index in [0.717, 1.165) is 30.3 Å². The summed E-state index contributed by atoms with van der Waals surface area (Å²) in [6.45, 7) is 1.67. The molecule has 0 aliphatic carbocycles. The van der Waals surface area contributed by atoms with Crippen molar-refractivity contribution in [2.24, 2.45) is 0 Å². The van der Waals surface area contributed by atoms with Gasteiger partial charge in [-0.05, 0) is 49.2 Å². The highest BCUT2D eigenvalue weighted by Crippen LogP contribution is 2.35. The number of nitrogens with zero attached hydrogens (tertiary/aromatic N) is 1. The molecule has 0 bridgehead atoms. The Morgan fingerprint density at radius 1 is 0.723 bits per heavy atom. The van der Waals surface area contributed by atoms with Gasteiger partial charge in [0.25, 0.3) is 5.56 Å². The zero-order valence-electron chi connectivity index (χ0n) is 25.9. The zero-order valence-corrected chi connectivity index (χ0v) is 25.9. The Bertz CT molecular complexity index is 1770. The van der Waals surface area contributed by atoms with Crippen molar-refractivity contribution in [3.05, 3.63) is 140 Å². The largest absolute Gasteiger partial charge is 0.459 e. The number of H-pyrrole nitrogens is 1. The smallest absolute Gasteiger partial charge is 0.338 e. The van der Waals surface area contributed by atoms with Crippen LogP contribution in [0.1, 0.15) is 75.5 Å². The second kappa shape index (κ2) is 15.8. The third-order valence-corrected chi connectivity index (χ3v) is 7.79. The van der Waals surface area contributed by atoms with Crippen molar-refractivity contribution in [3.63, 3.8) is 0 Å². The maximum atomic E-state index is 13.4. The third-order valence-electron chi connectivity index (χ3n) is 7.79. The molecule has 1 N–H and O–H groups in total. The van der Waals surface area contributed by atoms with Crippen LogP contribution in [0.25, 0.3) is 0 Å². The van der Waals surface area contributed by atoms with E-state index in [0.29, 0.717) is 12.0 Å². The highest BCUT2D eigenvalue weighted by molar-refractivity contribution is 5.91. The number of nitrogens with one attached hydrogen (secondary N) is 1. The monoisotopic (exact) mass is 640 g/mol. The van der Waals surface area contributed by atoms with E-state index in [1.807, 2.05) is 0 Å². The van der Waals surface area contributed by atoms with E-state index in [-0.39, 0.29) is 16.7 Å². The number of carbonyl (C=O) groups is 3. The highest BCUT2D eigenvalue weighted by Gasteiger charge is 2.51. The van der Waals surface area contributed by atoms with Gasteiger partial charge < -0.3 is 18.9 Å². The van der Waals surface area contributed by atoms with Gasteiger partial charge in [-0.15, -0.1) is 0 Å². The molecule has 11 heteroatoms. The van der Waals surface area contributed by atoms with Crippen molar-refractivity contribution >= 4 is 17.9 Å². The van der Waals surface area contributed by atoms with Crippen LogP contribution < -0.4 is 11.2 Å². The zero-order chi connectivity index (χ0) is 33.2. The fourth-order valence-electron chi connectivity index (χ4n) is 5.32. The molecule has 1 aliphatic rings. The molecule has 4 atom stereocenters. The molecule has 1 aliphatic heterocycles. The summed E-state index contributed by atoms with van der Waals surface area (Å²) in [5.74, 6) is -2.16. The van der Waals surface area contributed by atoms with E-state index >= 15 is 0 Å². The Balaban J connectivity index is 1.52. The van der Waals surface area contributed by atoms with Gasteiger partial charge in [0.05, 0.1) is 16.7 Å². The van der Waals surface area contributed by atoms with Crippen LogP contribution in [0.3, 0.4) is 0 Å². The van der Waals surface area contributed by atoms with Crippen LogP contribution in [-0.4, -0.2) is 52.4 Å². The number of unbranched alkanes of at least 4 members (excludes halogenated alkanes) is 3. The Morgan fingerprint density at radius 2 is 1.26 bits per heavy atom. The Labute approximate surface area is 271 Å². The highest BCUT2D eigenvalue weighted by atomic mass is 16.7. The number of esters is 3. The van der Waals surface area contributed by atoms with Crippen molar-refractivity contribution in [1.29, 1.82) is 0 Å². The number of aromatic nitrogens is 2. The standard InChI is InChI=1S/C36H36N2O9/c1-2-3-4-8-21-27-22-38(36(43)37-31(27)39)32-30(47-35(42)26-19-13-7-14-20-26)29(46-34(41)25-17-11-6-12-18-25)28(45-32)23-44-33(40)24-15-9-5-10-16-24/h5-7,9-20,22,28-30,32H,2-4,8,21,23H2,1H3,(H,37,39,43)/t28-,29-,30+,32+/m1/s1. The molecule has 1 fully saturated rings. The van der Waals surface area contributed by atoms with Gasteiger partial charge in [0, 0.05) is 11.8 Å². The number of aromatic amines is 1. The van der Waals surface area contributed by atoms with Gasteiger partial charge in [0.1, 0.15) is 12.7 Å². The third kappa shape index (κ3) is 8.30. The van der Waals surface area contributed by atoms with Gasteiger partial charge in [0.15, 0.2) is 18.4 Å². The van der Waals surface area contributed by atoms with Crippen LogP contribution in [0.2, 0.25) is 0 Å². The number of carbonyl (C=O) groups excluding carboxylic acids is 3. The number of rotatable bonds is 13. The van der Waals surface area contributed by atoms with E-state index in [9.17, 15) is 24.0 Å². The summed E-state index contributed by atoms with van der Waals surface area (Å²) in [5.41, 5.74) is -0.277. The number of benzene rings is 3. The van der Waals surface area contributed by atoms with E-state index < -0.39 is 60.3 Å². The molecule has 0 saturated carbocycles. The van der Waals surface area contributed by atoms with Crippen LogP contribution in [0, 0.1) is 0 Å². The average molecular weight is 641 g/mol. The summed E-state index contributed by atoms with van der Waals surface area (Å²) < 4.78 is 24.8. The molecule has 3 aromatic carbocycles. The predicted octanol–water partition coefficient (Wildman–Crippen LogP) is 4.87. The maximum Gasteiger partial charge on any atom is 0.338 e. The molecule has 5 rings (SSSR count). The fraction of sp³-hybridized carbons (Fsp3) is 0.306. The second-order valence-corrected chi connectivity index (χ2v) is 11.1. The lowest BCUT2D eigenvalue weighted by atomic mass is 10.1. The molecule has 0 unspecified atom stereocenters. The molecule has 1 saturated heterocycles. The van der Waals surface area contributed by atoms with Gasteiger partial charge in [-0.1, -0.05) is 80.8 Å². The van der Waals surface area contributed by atoms with E-state index in [2.05, 4.69) is 11.9 Å². The lowest BCUT2D eigenvalue weighted by Crippen LogP contribution is -2.43. The molecule has 1 aromatic heterocycles. The molecule has 0 radical (unpaired) electrons. The fourth-order valence-corrected chi connectivity index (χ4v) is 5.32. The summed E-state index contributed by atoms with van der Waals surface area (Å²) in [7, 11) is 0. The van der Waals surface area contributed by atoms with Crippen LogP contribution in [0.4, 0.5) is 0 Å². The van der Waals surface area contributed by atoms with E-state index in [1.54, 1.807) is 91.0 Å². The maximum absolute atomic E-state index is 13.4. The Morgan fingerprint density at radius 3 is 1.81 bits per heavy atom. The minimum absolute atomic E-state index is 0.212. The quantitative estimate of drug-likeness (QED) is 0.123. The van der Waals surface area contributed by atoms with E-state index in [1.165, 1.54) is 6.20 Å².